The van der Waals surface area contributed by atoms with Gasteiger partial charge in [0.15, 0.2) is 0 Å². The summed E-state index contributed by atoms with van der Waals surface area (Å²) in [6.45, 7) is 7.89. The zero-order valence-electron chi connectivity index (χ0n) is 22.2. The van der Waals surface area contributed by atoms with Gasteiger partial charge in [-0.05, 0) is 85.8 Å². The summed E-state index contributed by atoms with van der Waals surface area (Å²) in [5.74, 6) is -1.98. The average Bonchev–Trinajstić information content (AvgIpc) is 3.48. The number of aromatic amines is 3. The summed E-state index contributed by atoms with van der Waals surface area (Å²) < 4.78 is 0. The van der Waals surface area contributed by atoms with E-state index in [1.807, 2.05) is 20.8 Å². The summed E-state index contributed by atoms with van der Waals surface area (Å²) in [7, 11) is 0. The lowest BCUT2D eigenvalue weighted by atomic mass is 9.97. The second-order valence-electron chi connectivity index (χ2n) is 9.53. The van der Waals surface area contributed by atoms with Crippen LogP contribution in [0.15, 0.2) is 0 Å². The van der Waals surface area contributed by atoms with Crippen LogP contribution in [0, 0.1) is 13.8 Å². The highest BCUT2D eigenvalue weighted by Crippen LogP contribution is 2.30. The van der Waals surface area contributed by atoms with Crippen molar-refractivity contribution in [1.82, 2.24) is 15.0 Å². The molecule has 3 heterocycles. The molecule has 0 saturated heterocycles. The Morgan fingerprint density at radius 3 is 1.59 bits per heavy atom. The maximum absolute atomic E-state index is 11.8. The summed E-state index contributed by atoms with van der Waals surface area (Å²) in [6.07, 6.45) is 4.71. The number of aliphatic hydroxyl groups excluding tert-OH is 2. The lowest BCUT2D eigenvalue weighted by Gasteiger charge is -2.07. The molecule has 0 bridgehead atoms. The summed E-state index contributed by atoms with van der Waals surface area (Å²) >= 11 is 0. The van der Waals surface area contributed by atoms with E-state index in [0.29, 0.717) is 50.5 Å². The third kappa shape index (κ3) is 5.83. The molecule has 0 aliphatic heterocycles. The highest BCUT2D eigenvalue weighted by molar-refractivity contribution is 5.88. The van der Waals surface area contributed by atoms with Crippen molar-refractivity contribution >= 4 is 11.9 Å². The Bertz CT molecular complexity index is 1260. The number of nitrogens with one attached hydrogen (secondary N) is 3. The van der Waals surface area contributed by atoms with Crippen molar-refractivity contribution < 1.29 is 30.0 Å². The van der Waals surface area contributed by atoms with Gasteiger partial charge < -0.3 is 35.4 Å². The maximum Gasteiger partial charge on any atom is 0.352 e. The predicted molar refractivity (Wildman–Crippen MR) is 141 cm³/mol. The topological polar surface area (TPSA) is 162 Å². The summed E-state index contributed by atoms with van der Waals surface area (Å²) in [5.41, 5.74) is 9.62. The van der Waals surface area contributed by atoms with Gasteiger partial charge in [-0.3, -0.25) is 0 Å². The molecule has 0 amide bonds. The number of hydrogen-bond acceptors (Lipinski definition) is 4. The molecule has 0 spiro atoms. The van der Waals surface area contributed by atoms with Gasteiger partial charge in [0.1, 0.15) is 11.4 Å². The molecule has 202 valence electrons. The second kappa shape index (κ2) is 12.3. The smallest absolute Gasteiger partial charge is 0.352 e. The molecule has 0 aliphatic rings. The van der Waals surface area contributed by atoms with Crippen molar-refractivity contribution in [1.29, 1.82) is 0 Å². The Kier molecular flexibility index (Phi) is 9.39. The molecule has 0 radical (unpaired) electrons. The number of aliphatic hydroxyl groups is 2. The molecular formula is C28H39N3O6. The zero-order chi connectivity index (χ0) is 27.3. The van der Waals surface area contributed by atoms with E-state index in [-0.39, 0.29) is 24.6 Å². The molecule has 0 aliphatic carbocycles. The second-order valence-corrected chi connectivity index (χ2v) is 9.53. The van der Waals surface area contributed by atoms with Crippen LogP contribution in [0.4, 0.5) is 0 Å². The Labute approximate surface area is 217 Å². The Hall–Kier alpha value is -3.30. The molecule has 3 aromatic heterocycles. The van der Waals surface area contributed by atoms with E-state index < -0.39 is 11.9 Å². The third-order valence-electron chi connectivity index (χ3n) is 7.36. The maximum atomic E-state index is 11.8. The highest BCUT2D eigenvalue weighted by Gasteiger charge is 2.24. The molecule has 0 aromatic carbocycles. The van der Waals surface area contributed by atoms with Crippen LogP contribution in [0.2, 0.25) is 0 Å². The molecule has 3 rings (SSSR count). The molecule has 0 saturated carbocycles. The molecule has 37 heavy (non-hydrogen) atoms. The van der Waals surface area contributed by atoms with E-state index in [4.69, 9.17) is 0 Å². The van der Waals surface area contributed by atoms with Gasteiger partial charge in [0.05, 0.1) is 0 Å². The van der Waals surface area contributed by atoms with Crippen LogP contribution < -0.4 is 0 Å². The van der Waals surface area contributed by atoms with E-state index in [0.717, 1.165) is 57.0 Å². The number of carboxylic acids is 2. The molecule has 0 unspecified atom stereocenters. The van der Waals surface area contributed by atoms with Crippen LogP contribution in [-0.2, 0) is 38.5 Å². The standard InChI is InChI=1S/C28H39N3O6/c1-5-17-18(6-2)26(28(36)37)31-22(17)14-23-19(9-7-11-32)15(3)21(29-23)13-24-20(10-8-12-33)16(4)25(30-24)27(34)35/h29-33H,5-14H2,1-4H3,(H,34,35)(H,36,37). The van der Waals surface area contributed by atoms with Crippen LogP contribution in [0.25, 0.3) is 0 Å². The van der Waals surface area contributed by atoms with Gasteiger partial charge in [-0.15, -0.1) is 0 Å². The largest absolute Gasteiger partial charge is 0.477 e. The predicted octanol–water partition coefficient (Wildman–Crippen LogP) is 3.84. The Balaban J connectivity index is 2.06. The van der Waals surface area contributed by atoms with Gasteiger partial charge >= 0.3 is 11.9 Å². The van der Waals surface area contributed by atoms with Crippen molar-refractivity contribution in [2.45, 2.75) is 79.1 Å². The van der Waals surface area contributed by atoms with Gasteiger partial charge in [0.25, 0.3) is 0 Å². The summed E-state index contributed by atoms with van der Waals surface area (Å²) in [4.78, 5) is 33.4. The number of carbonyl (C=O) groups is 2. The van der Waals surface area contributed by atoms with Gasteiger partial charge in [0, 0.05) is 48.8 Å². The van der Waals surface area contributed by atoms with Crippen molar-refractivity contribution in [3.8, 4) is 0 Å². The van der Waals surface area contributed by atoms with E-state index in [1.54, 1.807) is 6.92 Å². The van der Waals surface area contributed by atoms with Gasteiger partial charge in [-0.2, -0.15) is 0 Å². The molecule has 3 aromatic rings. The number of aromatic carboxylic acids is 2. The number of rotatable bonds is 14. The minimum Gasteiger partial charge on any atom is -0.477 e. The summed E-state index contributed by atoms with van der Waals surface area (Å²) in [5, 5.41) is 38.2. The van der Waals surface area contributed by atoms with Crippen molar-refractivity contribution in [3.63, 3.8) is 0 Å². The first-order chi connectivity index (χ1) is 17.7. The van der Waals surface area contributed by atoms with Crippen LogP contribution in [0.1, 0.15) is 104 Å². The fourth-order valence-corrected chi connectivity index (χ4v) is 5.48. The van der Waals surface area contributed by atoms with E-state index in [2.05, 4.69) is 15.0 Å². The minimum atomic E-state index is -1.01. The summed E-state index contributed by atoms with van der Waals surface area (Å²) in [6, 6.07) is 0. The number of carboxylic acid groups (broad SMARTS) is 2. The van der Waals surface area contributed by atoms with E-state index in [1.165, 1.54) is 0 Å². The molecule has 7 N–H and O–H groups in total. The van der Waals surface area contributed by atoms with Gasteiger partial charge in [-0.1, -0.05) is 13.8 Å². The molecular weight excluding hydrogens is 474 g/mol. The van der Waals surface area contributed by atoms with Crippen LogP contribution in [-0.4, -0.2) is 60.5 Å². The Morgan fingerprint density at radius 1 is 0.622 bits per heavy atom. The monoisotopic (exact) mass is 513 g/mol. The minimum absolute atomic E-state index is 0.0252. The third-order valence-corrected chi connectivity index (χ3v) is 7.36. The SMILES string of the molecule is CCc1c(Cc2[nH]c(Cc3[nH]c(C(=O)O)c(C)c3CCCO)c(C)c2CCCO)[nH]c(C(=O)O)c1CC. The highest BCUT2D eigenvalue weighted by atomic mass is 16.4. The van der Waals surface area contributed by atoms with Gasteiger partial charge in [0.2, 0.25) is 0 Å². The molecule has 9 heteroatoms. The van der Waals surface area contributed by atoms with Crippen molar-refractivity contribution in [3.05, 3.63) is 67.5 Å². The lowest BCUT2D eigenvalue weighted by molar-refractivity contribution is 0.0679. The zero-order valence-corrected chi connectivity index (χ0v) is 22.2. The van der Waals surface area contributed by atoms with Crippen molar-refractivity contribution in [2.75, 3.05) is 13.2 Å². The molecule has 0 atom stereocenters. The average molecular weight is 514 g/mol. The molecule has 0 fully saturated rings. The van der Waals surface area contributed by atoms with Crippen LogP contribution in [0.3, 0.4) is 0 Å². The fraction of sp³-hybridized carbons (Fsp3) is 0.500. The lowest BCUT2D eigenvalue weighted by Crippen LogP contribution is -2.01. The molecule has 9 nitrogen and oxygen atoms in total. The number of aromatic nitrogens is 3. The quantitative estimate of drug-likeness (QED) is 0.173. The first kappa shape index (κ1) is 28.3. The van der Waals surface area contributed by atoms with Gasteiger partial charge in [-0.25, -0.2) is 9.59 Å². The first-order valence-corrected chi connectivity index (χ1v) is 13.0. The Morgan fingerprint density at radius 2 is 1.08 bits per heavy atom. The number of H-pyrrole nitrogens is 3. The van der Waals surface area contributed by atoms with Crippen LogP contribution in [0.5, 0.6) is 0 Å². The first-order valence-electron chi connectivity index (χ1n) is 13.0. The number of hydrogen-bond donors (Lipinski definition) is 7. The fourth-order valence-electron chi connectivity index (χ4n) is 5.48. The normalized spacial score (nSPS) is 11.4. The van der Waals surface area contributed by atoms with E-state index >= 15 is 0 Å². The van der Waals surface area contributed by atoms with Crippen LogP contribution >= 0.6 is 0 Å². The van der Waals surface area contributed by atoms with Crippen molar-refractivity contribution in [2.24, 2.45) is 0 Å². The van der Waals surface area contributed by atoms with E-state index in [9.17, 15) is 30.0 Å².